The van der Waals surface area contributed by atoms with Crippen LogP contribution < -0.4 is 5.32 Å². The van der Waals surface area contributed by atoms with Crippen LogP contribution in [0.4, 0.5) is 5.69 Å². The van der Waals surface area contributed by atoms with E-state index in [2.05, 4.69) is 46.1 Å². The fourth-order valence-electron chi connectivity index (χ4n) is 2.63. The van der Waals surface area contributed by atoms with E-state index in [-0.39, 0.29) is 0 Å². The largest absolute Gasteiger partial charge is 0.388 e. The van der Waals surface area contributed by atoms with Crippen molar-refractivity contribution in [3.63, 3.8) is 0 Å². The number of benzene rings is 1. The SMILES string of the molecule is CCCn1c(Cc2cc(NC)ccn2)nc2ccccc21. The summed E-state index contributed by atoms with van der Waals surface area (Å²) in [5.74, 6) is 1.08. The Labute approximate surface area is 124 Å². The Morgan fingerprint density at radius 3 is 2.86 bits per heavy atom. The van der Waals surface area contributed by atoms with Crippen molar-refractivity contribution < 1.29 is 0 Å². The third-order valence-electron chi connectivity index (χ3n) is 3.63. The van der Waals surface area contributed by atoms with Gasteiger partial charge >= 0.3 is 0 Å². The van der Waals surface area contributed by atoms with Crippen LogP contribution in [0.25, 0.3) is 11.0 Å². The van der Waals surface area contributed by atoms with E-state index < -0.39 is 0 Å². The van der Waals surface area contributed by atoms with Crippen molar-refractivity contribution in [3.05, 3.63) is 54.1 Å². The molecule has 0 fully saturated rings. The number of hydrogen-bond donors (Lipinski definition) is 1. The molecule has 0 saturated heterocycles. The van der Waals surface area contributed by atoms with Crippen LogP contribution in [-0.2, 0) is 13.0 Å². The monoisotopic (exact) mass is 280 g/mol. The average molecular weight is 280 g/mol. The summed E-state index contributed by atoms with van der Waals surface area (Å²) in [6.45, 7) is 3.18. The zero-order valence-corrected chi connectivity index (χ0v) is 12.5. The molecular formula is C17H20N4. The van der Waals surface area contributed by atoms with Gasteiger partial charge in [-0.05, 0) is 30.7 Å². The molecule has 0 aliphatic carbocycles. The van der Waals surface area contributed by atoms with E-state index >= 15 is 0 Å². The number of rotatable bonds is 5. The topological polar surface area (TPSA) is 42.7 Å². The fraction of sp³-hybridized carbons (Fsp3) is 0.294. The van der Waals surface area contributed by atoms with Crippen molar-refractivity contribution in [1.82, 2.24) is 14.5 Å². The minimum Gasteiger partial charge on any atom is -0.388 e. The van der Waals surface area contributed by atoms with Crippen molar-refractivity contribution in [3.8, 4) is 0 Å². The molecule has 0 saturated carbocycles. The Kier molecular flexibility index (Phi) is 3.86. The third kappa shape index (κ3) is 2.75. The first kappa shape index (κ1) is 13.6. The molecule has 0 atom stereocenters. The van der Waals surface area contributed by atoms with Crippen LogP contribution in [0.2, 0.25) is 0 Å². The lowest BCUT2D eigenvalue weighted by Gasteiger charge is -2.08. The number of para-hydroxylation sites is 2. The standard InChI is InChI=1S/C17H20N4/c1-3-10-21-16-7-5-4-6-15(16)20-17(21)12-14-11-13(18-2)8-9-19-14/h4-9,11H,3,10,12H2,1-2H3,(H,18,19). The summed E-state index contributed by atoms with van der Waals surface area (Å²) in [6, 6.07) is 12.4. The number of fused-ring (bicyclic) bond motifs is 1. The van der Waals surface area contributed by atoms with Gasteiger partial charge in [-0.25, -0.2) is 4.98 Å². The zero-order chi connectivity index (χ0) is 14.7. The van der Waals surface area contributed by atoms with Gasteiger partial charge in [-0.1, -0.05) is 19.1 Å². The van der Waals surface area contributed by atoms with Gasteiger partial charge in [-0.2, -0.15) is 0 Å². The first-order valence-electron chi connectivity index (χ1n) is 7.38. The van der Waals surface area contributed by atoms with E-state index in [0.717, 1.165) is 42.1 Å². The molecule has 3 aromatic rings. The molecule has 0 bridgehead atoms. The molecule has 0 aliphatic rings. The lowest BCUT2D eigenvalue weighted by molar-refractivity contribution is 0.662. The summed E-state index contributed by atoms with van der Waals surface area (Å²) in [5.41, 5.74) is 4.39. The molecular weight excluding hydrogens is 260 g/mol. The molecule has 108 valence electrons. The van der Waals surface area contributed by atoms with Gasteiger partial charge in [0, 0.05) is 37.6 Å². The van der Waals surface area contributed by atoms with E-state index in [4.69, 9.17) is 4.98 Å². The molecule has 3 rings (SSSR count). The Hall–Kier alpha value is -2.36. The molecule has 4 heteroatoms. The van der Waals surface area contributed by atoms with Crippen LogP contribution in [-0.4, -0.2) is 21.6 Å². The first-order valence-corrected chi connectivity index (χ1v) is 7.38. The van der Waals surface area contributed by atoms with E-state index in [9.17, 15) is 0 Å². The number of nitrogens with one attached hydrogen (secondary N) is 1. The van der Waals surface area contributed by atoms with Gasteiger partial charge in [0.25, 0.3) is 0 Å². The van der Waals surface area contributed by atoms with Crippen LogP contribution >= 0.6 is 0 Å². The molecule has 1 aromatic carbocycles. The van der Waals surface area contributed by atoms with Crippen molar-refractivity contribution in [2.45, 2.75) is 26.3 Å². The molecule has 1 N–H and O–H groups in total. The summed E-state index contributed by atoms with van der Waals surface area (Å²) in [6.07, 6.45) is 3.69. The second-order valence-electron chi connectivity index (χ2n) is 5.13. The first-order chi connectivity index (χ1) is 10.3. The van der Waals surface area contributed by atoms with Gasteiger partial charge in [0.2, 0.25) is 0 Å². The van der Waals surface area contributed by atoms with Crippen LogP contribution in [0, 0.1) is 0 Å². The Morgan fingerprint density at radius 2 is 2.05 bits per heavy atom. The Balaban J connectivity index is 2.00. The lowest BCUT2D eigenvalue weighted by Crippen LogP contribution is -2.05. The predicted octanol–water partition coefficient (Wildman–Crippen LogP) is 3.47. The molecule has 0 spiro atoms. The highest BCUT2D eigenvalue weighted by Crippen LogP contribution is 2.19. The number of aromatic nitrogens is 3. The number of aryl methyl sites for hydroxylation is 1. The van der Waals surface area contributed by atoms with E-state index in [1.807, 2.05) is 25.4 Å². The summed E-state index contributed by atoms with van der Waals surface area (Å²) in [7, 11) is 1.92. The minimum atomic E-state index is 0.754. The number of hydrogen-bond acceptors (Lipinski definition) is 3. The van der Waals surface area contributed by atoms with Gasteiger partial charge < -0.3 is 9.88 Å². The highest BCUT2D eigenvalue weighted by atomic mass is 15.1. The van der Waals surface area contributed by atoms with Gasteiger partial charge in [-0.3, -0.25) is 4.98 Å². The van der Waals surface area contributed by atoms with Crippen LogP contribution in [0.5, 0.6) is 0 Å². The molecule has 0 amide bonds. The summed E-state index contributed by atoms with van der Waals surface area (Å²) < 4.78 is 2.31. The highest BCUT2D eigenvalue weighted by molar-refractivity contribution is 5.76. The van der Waals surface area contributed by atoms with Gasteiger partial charge in [0.1, 0.15) is 5.82 Å². The van der Waals surface area contributed by atoms with E-state index in [1.165, 1.54) is 5.52 Å². The second kappa shape index (κ2) is 5.95. The van der Waals surface area contributed by atoms with Crippen molar-refractivity contribution in [2.24, 2.45) is 0 Å². The number of nitrogens with zero attached hydrogens (tertiary/aromatic N) is 3. The Morgan fingerprint density at radius 1 is 1.19 bits per heavy atom. The quantitative estimate of drug-likeness (QED) is 0.778. The summed E-state index contributed by atoms with van der Waals surface area (Å²) >= 11 is 0. The smallest absolute Gasteiger partial charge is 0.115 e. The molecule has 0 radical (unpaired) electrons. The van der Waals surface area contributed by atoms with Crippen LogP contribution in [0.1, 0.15) is 24.9 Å². The maximum atomic E-state index is 4.78. The summed E-state index contributed by atoms with van der Waals surface area (Å²) in [4.78, 5) is 9.25. The molecule has 2 aromatic heterocycles. The molecule has 0 unspecified atom stereocenters. The van der Waals surface area contributed by atoms with Crippen molar-refractivity contribution in [2.75, 3.05) is 12.4 Å². The summed E-state index contributed by atoms with van der Waals surface area (Å²) in [5, 5.41) is 3.15. The maximum absolute atomic E-state index is 4.78. The zero-order valence-electron chi connectivity index (χ0n) is 12.5. The number of imidazole rings is 1. The third-order valence-corrected chi connectivity index (χ3v) is 3.63. The number of pyridine rings is 1. The minimum absolute atomic E-state index is 0.754. The Bertz CT molecular complexity index is 745. The molecule has 21 heavy (non-hydrogen) atoms. The second-order valence-corrected chi connectivity index (χ2v) is 5.13. The van der Waals surface area contributed by atoms with Gasteiger partial charge in [0.15, 0.2) is 0 Å². The average Bonchev–Trinajstić information content (AvgIpc) is 2.86. The molecule has 2 heterocycles. The molecule has 0 aliphatic heterocycles. The van der Waals surface area contributed by atoms with Crippen molar-refractivity contribution in [1.29, 1.82) is 0 Å². The fourth-order valence-corrected chi connectivity index (χ4v) is 2.63. The van der Waals surface area contributed by atoms with E-state index in [0.29, 0.717) is 0 Å². The number of anilines is 1. The van der Waals surface area contributed by atoms with Crippen LogP contribution in [0.3, 0.4) is 0 Å². The highest BCUT2D eigenvalue weighted by Gasteiger charge is 2.11. The van der Waals surface area contributed by atoms with Gasteiger partial charge in [-0.15, -0.1) is 0 Å². The van der Waals surface area contributed by atoms with Crippen LogP contribution in [0.15, 0.2) is 42.6 Å². The predicted molar refractivity (Wildman–Crippen MR) is 86.6 cm³/mol. The van der Waals surface area contributed by atoms with E-state index in [1.54, 1.807) is 0 Å². The molecule has 4 nitrogen and oxygen atoms in total. The van der Waals surface area contributed by atoms with Gasteiger partial charge in [0.05, 0.1) is 11.0 Å². The lowest BCUT2D eigenvalue weighted by atomic mass is 10.2. The van der Waals surface area contributed by atoms with Crippen molar-refractivity contribution >= 4 is 16.7 Å². The normalized spacial score (nSPS) is 11.0. The maximum Gasteiger partial charge on any atom is 0.115 e.